The molecule has 0 saturated heterocycles. The van der Waals surface area contributed by atoms with Gasteiger partial charge in [0.15, 0.2) is 11.6 Å². The van der Waals surface area contributed by atoms with Crippen LogP contribution in [0.5, 0.6) is 0 Å². The fourth-order valence-corrected chi connectivity index (χ4v) is 1.88. The molecular formula is C14H11N3O. The Morgan fingerprint density at radius 3 is 2.44 bits per heavy atom. The predicted octanol–water partition coefficient (Wildman–Crippen LogP) is 2.99. The molecule has 0 atom stereocenters. The molecule has 0 aliphatic carbocycles. The first kappa shape index (κ1) is 10.5. The van der Waals surface area contributed by atoms with Gasteiger partial charge in [-0.15, -0.1) is 0 Å². The van der Waals surface area contributed by atoms with Crippen molar-refractivity contribution in [1.29, 1.82) is 0 Å². The first-order chi connectivity index (χ1) is 8.86. The Kier molecular flexibility index (Phi) is 2.53. The molecule has 4 heteroatoms. The van der Waals surface area contributed by atoms with Gasteiger partial charge < -0.3 is 10.3 Å². The van der Waals surface area contributed by atoms with Crippen LogP contribution < -0.4 is 5.73 Å². The summed E-state index contributed by atoms with van der Waals surface area (Å²) in [6.07, 6.45) is 3.44. The molecule has 2 N–H and O–H groups in total. The van der Waals surface area contributed by atoms with E-state index in [2.05, 4.69) is 10.1 Å². The summed E-state index contributed by atoms with van der Waals surface area (Å²) in [4.78, 5) is 4.08. The molecule has 88 valence electrons. The van der Waals surface area contributed by atoms with Crippen molar-refractivity contribution in [2.75, 3.05) is 5.73 Å². The number of nitrogens with two attached hydrogens (primary N) is 1. The van der Waals surface area contributed by atoms with Crippen LogP contribution in [0, 0.1) is 0 Å². The highest BCUT2D eigenvalue weighted by Crippen LogP contribution is 2.35. The van der Waals surface area contributed by atoms with E-state index in [0.29, 0.717) is 11.6 Å². The monoisotopic (exact) mass is 237 g/mol. The minimum absolute atomic E-state index is 0.389. The molecule has 18 heavy (non-hydrogen) atoms. The molecule has 0 amide bonds. The van der Waals surface area contributed by atoms with Crippen molar-refractivity contribution in [1.82, 2.24) is 10.1 Å². The van der Waals surface area contributed by atoms with Crippen LogP contribution in [0.25, 0.3) is 22.5 Å². The largest absolute Gasteiger partial charge is 0.380 e. The zero-order valence-corrected chi connectivity index (χ0v) is 9.58. The zero-order chi connectivity index (χ0) is 12.4. The fraction of sp³-hybridized carbons (Fsp3) is 0. The van der Waals surface area contributed by atoms with Gasteiger partial charge in [0.05, 0.1) is 5.56 Å². The lowest BCUT2D eigenvalue weighted by Gasteiger charge is -2.01. The van der Waals surface area contributed by atoms with Gasteiger partial charge in [-0.25, -0.2) is 0 Å². The Morgan fingerprint density at radius 2 is 1.72 bits per heavy atom. The number of nitrogen functional groups attached to an aromatic ring is 1. The molecule has 2 aromatic heterocycles. The van der Waals surface area contributed by atoms with Gasteiger partial charge in [0, 0.05) is 18.0 Å². The molecule has 0 unspecified atom stereocenters. The Hall–Kier alpha value is -2.62. The molecule has 3 rings (SSSR count). The topological polar surface area (TPSA) is 64.9 Å². The minimum atomic E-state index is 0.389. The van der Waals surface area contributed by atoms with Gasteiger partial charge in [0.25, 0.3) is 0 Å². The van der Waals surface area contributed by atoms with Crippen LogP contribution >= 0.6 is 0 Å². The van der Waals surface area contributed by atoms with Crippen LogP contribution in [0.4, 0.5) is 5.82 Å². The van der Waals surface area contributed by atoms with Crippen LogP contribution in [0.1, 0.15) is 0 Å². The van der Waals surface area contributed by atoms with E-state index in [1.807, 2.05) is 42.5 Å². The predicted molar refractivity (Wildman–Crippen MR) is 69.6 cm³/mol. The first-order valence-electron chi connectivity index (χ1n) is 5.57. The van der Waals surface area contributed by atoms with Gasteiger partial charge in [-0.2, -0.15) is 0 Å². The summed E-state index contributed by atoms with van der Waals surface area (Å²) >= 11 is 0. The SMILES string of the molecule is Nc1noc(-c2cccnc2)c1-c1ccccc1. The van der Waals surface area contributed by atoms with E-state index in [-0.39, 0.29) is 0 Å². The fourth-order valence-electron chi connectivity index (χ4n) is 1.88. The highest BCUT2D eigenvalue weighted by atomic mass is 16.5. The summed E-state index contributed by atoms with van der Waals surface area (Å²) in [7, 11) is 0. The maximum absolute atomic E-state index is 5.89. The van der Waals surface area contributed by atoms with Crippen molar-refractivity contribution >= 4 is 5.82 Å². The van der Waals surface area contributed by atoms with Crippen molar-refractivity contribution in [3.63, 3.8) is 0 Å². The van der Waals surface area contributed by atoms with Crippen LogP contribution in [0.2, 0.25) is 0 Å². The third-order valence-electron chi connectivity index (χ3n) is 2.70. The van der Waals surface area contributed by atoms with E-state index in [4.69, 9.17) is 10.3 Å². The molecule has 2 heterocycles. The van der Waals surface area contributed by atoms with Gasteiger partial charge in [-0.05, 0) is 17.7 Å². The normalized spacial score (nSPS) is 10.4. The van der Waals surface area contributed by atoms with Crippen molar-refractivity contribution in [2.45, 2.75) is 0 Å². The lowest BCUT2D eigenvalue weighted by Crippen LogP contribution is -1.88. The molecule has 0 spiro atoms. The number of anilines is 1. The molecule has 0 radical (unpaired) electrons. The number of nitrogens with zero attached hydrogens (tertiary/aromatic N) is 2. The molecule has 3 aromatic rings. The van der Waals surface area contributed by atoms with Crippen molar-refractivity contribution in [3.8, 4) is 22.5 Å². The highest BCUT2D eigenvalue weighted by molar-refractivity contribution is 5.86. The standard InChI is InChI=1S/C14H11N3O/c15-14-12(10-5-2-1-3-6-10)13(18-17-14)11-7-4-8-16-9-11/h1-9H,(H2,15,17). The van der Waals surface area contributed by atoms with Crippen molar-refractivity contribution in [2.24, 2.45) is 0 Å². The molecule has 0 aliphatic rings. The Morgan fingerprint density at radius 1 is 0.944 bits per heavy atom. The zero-order valence-electron chi connectivity index (χ0n) is 9.58. The maximum Gasteiger partial charge on any atom is 0.178 e. The number of rotatable bonds is 2. The molecule has 0 bridgehead atoms. The van der Waals surface area contributed by atoms with Gasteiger partial charge in [0.2, 0.25) is 0 Å². The average Bonchev–Trinajstić information content (AvgIpc) is 2.83. The number of pyridine rings is 1. The molecule has 0 fully saturated rings. The van der Waals surface area contributed by atoms with Gasteiger partial charge in [-0.1, -0.05) is 35.5 Å². The second kappa shape index (κ2) is 4.33. The van der Waals surface area contributed by atoms with E-state index in [0.717, 1.165) is 16.7 Å². The van der Waals surface area contributed by atoms with Crippen molar-refractivity contribution in [3.05, 3.63) is 54.9 Å². The van der Waals surface area contributed by atoms with E-state index in [1.165, 1.54) is 0 Å². The van der Waals surface area contributed by atoms with Gasteiger partial charge >= 0.3 is 0 Å². The number of hydrogen-bond acceptors (Lipinski definition) is 4. The van der Waals surface area contributed by atoms with Crippen LogP contribution in [-0.2, 0) is 0 Å². The second-order valence-electron chi connectivity index (χ2n) is 3.88. The summed E-state index contributed by atoms with van der Waals surface area (Å²) in [5, 5.41) is 3.84. The van der Waals surface area contributed by atoms with Crippen LogP contribution in [0.15, 0.2) is 59.4 Å². The molecule has 4 nitrogen and oxygen atoms in total. The molecule has 1 aromatic carbocycles. The number of aromatic nitrogens is 2. The van der Waals surface area contributed by atoms with Crippen molar-refractivity contribution < 1.29 is 4.52 Å². The highest BCUT2D eigenvalue weighted by Gasteiger charge is 2.17. The molecule has 0 aliphatic heterocycles. The number of benzene rings is 1. The summed E-state index contributed by atoms with van der Waals surface area (Å²) in [6, 6.07) is 13.6. The molecule has 0 saturated carbocycles. The van der Waals surface area contributed by atoms with Gasteiger partial charge in [-0.3, -0.25) is 4.98 Å². The first-order valence-corrected chi connectivity index (χ1v) is 5.57. The summed E-state index contributed by atoms with van der Waals surface area (Å²) in [6.45, 7) is 0. The van der Waals surface area contributed by atoms with E-state index < -0.39 is 0 Å². The van der Waals surface area contributed by atoms with Crippen LogP contribution in [-0.4, -0.2) is 10.1 Å². The van der Waals surface area contributed by atoms with E-state index in [1.54, 1.807) is 12.4 Å². The Balaban J connectivity index is 2.19. The third kappa shape index (κ3) is 1.73. The second-order valence-corrected chi connectivity index (χ2v) is 3.88. The Bertz CT molecular complexity index is 647. The lowest BCUT2D eigenvalue weighted by molar-refractivity contribution is 0.436. The summed E-state index contributed by atoms with van der Waals surface area (Å²) in [5.41, 5.74) is 8.54. The maximum atomic E-state index is 5.89. The minimum Gasteiger partial charge on any atom is -0.380 e. The Labute approximate surface area is 104 Å². The van der Waals surface area contributed by atoms with Crippen LogP contribution in [0.3, 0.4) is 0 Å². The lowest BCUT2D eigenvalue weighted by atomic mass is 10.0. The smallest absolute Gasteiger partial charge is 0.178 e. The number of hydrogen-bond donors (Lipinski definition) is 1. The van der Waals surface area contributed by atoms with E-state index >= 15 is 0 Å². The van der Waals surface area contributed by atoms with Gasteiger partial charge in [0.1, 0.15) is 0 Å². The van der Waals surface area contributed by atoms with E-state index in [9.17, 15) is 0 Å². The average molecular weight is 237 g/mol. The molecular weight excluding hydrogens is 226 g/mol. The summed E-state index contributed by atoms with van der Waals surface area (Å²) < 4.78 is 5.32. The third-order valence-corrected chi connectivity index (χ3v) is 2.70. The quantitative estimate of drug-likeness (QED) is 0.744. The summed E-state index contributed by atoms with van der Waals surface area (Å²) in [5.74, 6) is 1.03.